The van der Waals surface area contributed by atoms with E-state index in [-0.39, 0.29) is 11.7 Å². The highest BCUT2D eigenvalue weighted by Crippen LogP contribution is 2.40. The molecule has 17 heavy (non-hydrogen) atoms. The summed E-state index contributed by atoms with van der Waals surface area (Å²) in [5, 5.41) is 14.2. The Kier molecular flexibility index (Phi) is 3.40. The zero-order chi connectivity index (χ0) is 12.6. The number of carbonyl (C=O) groups is 1. The lowest BCUT2D eigenvalue weighted by Gasteiger charge is -2.11. The number of aromatic hydroxyl groups is 1. The Morgan fingerprint density at radius 2 is 2.00 bits per heavy atom. The number of amides is 1. The molecule has 0 spiro atoms. The first-order valence-electron chi connectivity index (χ1n) is 4.88. The predicted octanol–water partition coefficient (Wildman–Crippen LogP) is 4.03. The van der Waals surface area contributed by atoms with Crippen molar-refractivity contribution in [3.8, 4) is 5.75 Å². The Morgan fingerprint density at radius 1 is 1.29 bits per heavy atom. The van der Waals surface area contributed by atoms with Gasteiger partial charge in [-0.25, -0.2) is 0 Å². The first kappa shape index (κ1) is 12.4. The van der Waals surface area contributed by atoms with E-state index in [1.165, 1.54) is 6.92 Å². The number of fused-ring (bicyclic) bond motifs is 1. The summed E-state index contributed by atoms with van der Waals surface area (Å²) in [6.07, 6.45) is 0. The predicted molar refractivity (Wildman–Crippen MR) is 75.3 cm³/mol. The van der Waals surface area contributed by atoms with Crippen LogP contribution in [0.2, 0.25) is 0 Å². The molecule has 0 bridgehead atoms. The van der Waals surface area contributed by atoms with Crippen LogP contribution in [0.15, 0.2) is 33.2 Å². The van der Waals surface area contributed by atoms with E-state index in [1.807, 2.05) is 0 Å². The van der Waals surface area contributed by atoms with Crippen LogP contribution in [-0.4, -0.2) is 11.0 Å². The maximum atomic E-state index is 11.1. The molecule has 1 amide bonds. The molecule has 0 aliphatic carbocycles. The van der Waals surface area contributed by atoms with Crippen LogP contribution < -0.4 is 5.32 Å². The van der Waals surface area contributed by atoms with Gasteiger partial charge in [0, 0.05) is 27.9 Å². The third-order valence-corrected chi connectivity index (χ3v) is 3.58. The Morgan fingerprint density at radius 3 is 2.65 bits per heavy atom. The second-order valence-corrected chi connectivity index (χ2v) is 5.31. The normalized spacial score (nSPS) is 10.5. The molecule has 2 N–H and O–H groups in total. The highest BCUT2D eigenvalue weighted by molar-refractivity contribution is 9.11. The van der Waals surface area contributed by atoms with Crippen molar-refractivity contribution in [3.05, 3.63) is 33.2 Å². The maximum Gasteiger partial charge on any atom is 0.221 e. The summed E-state index contributed by atoms with van der Waals surface area (Å²) >= 11 is 6.71. The van der Waals surface area contributed by atoms with Gasteiger partial charge < -0.3 is 10.4 Å². The van der Waals surface area contributed by atoms with Crippen molar-refractivity contribution < 1.29 is 9.90 Å². The fourth-order valence-corrected chi connectivity index (χ4v) is 3.09. The first-order chi connectivity index (χ1) is 8.00. The Balaban J connectivity index is 2.80. The fourth-order valence-electron chi connectivity index (χ4n) is 1.68. The van der Waals surface area contributed by atoms with Gasteiger partial charge in [-0.1, -0.05) is 28.1 Å². The number of carbonyl (C=O) groups excluding carboxylic acids is 1. The Hall–Kier alpha value is -1.07. The summed E-state index contributed by atoms with van der Waals surface area (Å²) in [5.41, 5.74) is 0.671. The number of hydrogen-bond acceptors (Lipinski definition) is 2. The lowest BCUT2D eigenvalue weighted by atomic mass is 10.1. The SMILES string of the molecule is CC(=O)Nc1cccc2c(O)c(Br)cc(Br)c12. The van der Waals surface area contributed by atoms with Gasteiger partial charge in [0.15, 0.2) is 0 Å². The molecule has 0 heterocycles. The molecule has 0 unspecified atom stereocenters. The topological polar surface area (TPSA) is 49.3 Å². The van der Waals surface area contributed by atoms with Crippen molar-refractivity contribution in [1.29, 1.82) is 0 Å². The third-order valence-electron chi connectivity index (χ3n) is 2.35. The van der Waals surface area contributed by atoms with Gasteiger partial charge in [0.2, 0.25) is 5.91 Å². The lowest BCUT2D eigenvalue weighted by Crippen LogP contribution is -2.06. The minimum absolute atomic E-state index is 0.146. The molecule has 0 atom stereocenters. The molecular weight excluding hydrogens is 350 g/mol. The molecule has 0 fully saturated rings. The molecule has 2 aromatic rings. The average molecular weight is 359 g/mol. The van der Waals surface area contributed by atoms with E-state index in [2.05, 4.69) is 37.2 Å². The van der Waals surface area contributed by atoms with E-state index in [0.29, 0.717) is 15.5 Å². The number of phenolic OH excluding ortho intramolecular Hbond substituents is 1. The molecule has 0 saturated heterocycles. The smallest absolute Gasteiger partial charge is 0.221 e. The summed E-state index contributed by atoms with van der Waals surface area (Å²) in [7, 11) is 0. The molecule has 3 nitrogen and oxygen atoms in total. The van der Waals surface area contributed by atoms with Gasteiger partial charge in [-0.05, 0) is 28.1 Å². The maximum absolute atomic E-state index is 11.1. The lowest BCUT2D eigenvalue weighted by molar-refractivity contribution is -0.114. The minimum Gasteiger partial charge on any atom is -0.506 e. The number of anilines is 1. The van der Waals surface area contributed by atoms with Gasteiger partial charge in [-0.3, -0.25) is 4.79 Å². The quantitative estimate of drug-likeness (QED) is 0.808. The van der Waals surface area contributed by atoms with Crippen molar-refractivity contribution in [3.63, 3.8) is 0 Å². The van der Waals surface area contributed by atoms with E-state index < -0.39 is 0 Å². The monoisotopic (exact) mass is 357 g/mol. The molecule has 2 aromatic carbocycles. The van der Waals surface area contributed by atoms with E-state index >= 15 is 0 Å². The second kappa shape index (κ2) is 4.66. The van der Waals surface area contributed by atoms with Crippen molar-refractivity contribution in [1.82, 2.24) is 0 Å². The van der Waals surface area contributed by atoms with Crippen molar-refractivity contribution in [2.45, 2.75) is 6.92 Å². The van der Waals surface area contributed by atoms with Crippen LogP contribution in [-0.2, 0) is 4.79 Å². The fraction of sp³-hybridized carbons (Fsp3) is 0.0833. The number of phenols is 1. The molecule has 0 saturated carbocycles. The van der Waals surface area contributed by atoms with Crippen molar-refractivity contribution in [2.75, 3.05) is 5.32 Å². The van der Waals surface area contributed by atoms with Crippen molar-refractivity contribution >= 4 is 54.2 Å². The largest absolute Gasteiger partial charge is 0.506 e. The van der Waals surface area contributed by atoms with Crippen LogP contribution in [0, 0.1) is 0 Å². The standard InChI is InChI=1S/C12H9Br2NO2/c1-6(16)15-10-4-2-3-7-11(10)8(13)5-9(14)12(7)17/h2-5,17H,1H3,(H,15,16). The summed E-state index contributed by atoms with van der Waals surface area (Å²) in [6.45, 7) is 1.45. The summed E-state index contributed by atoms with van der Waals surface area (Å²) in [6, 6.07) is 7.13. The molecule has 0 aromatic heterocycles. The first-order valence-corrected chi connectivity index (χ1v) is 6.46. The average Bonchev–Trinajstić information content (AvgIpc) is 2.25. The Bertz CT molecular complexity index is 611. The van der Waals surface area contributed by atoms with Gasteiger partial charge in [-0.15, -0.1) is 0 Å². The van der Waals surface area contributed by atoms with Crippen LogP contribution in [0.1, 0.15) is 6.92 Å². The van der Waals surface area contributed by atoms with Gasteiger partial charge >= 0.3 is 0 Å². The summed E-state index contributed by atoms with van der Waals surface area (Å²) in [4.78, 5) is 11.1. The van der Waals surface area contributed by atoms with Gasteiger partial charge in [0.1, 0.15) is 5.75 Å². The van der Waals surface area contributed by atoms with Crippen LogP contribution in [0.25, 0.3) is 10.8 Å². The highest BCUT2D eigenvalue weighted by Gasteiger charge is 2.12. The zero-order valence-electron chi connectivity index (χ0n) is 8.92. The van der Waals surface area contributed by atoms with Gasteiger partial charge in [0.05, 0.1) is 4.47 Å². The third kappa shape index (κ3) is 2.30. The van der Waals surface area contributed by atoms with Crippen molar-refractivity contribution in [2.24, 2.45) is 0 Å². The number of halogens is 2. The number of hydrogen-bond donors (Lipinski definition) is 2. The van der Waals surface area contributed by atoms with E-state index in [9.17, 15) is 9.90 Å². The molecule has 88 valence electrons. The van der Waals surface area contributed by atoms with Crippen LogP contribution in [0.4, 0.5) is 5.69 Å². The Labute approximate surface area is 115 Å². The van der Waals surface area contributed by atoms with Crippen LogP contribution in [0.5, 0.6) is 5.75 Å². The molecule has 5 heteroatoms. The van der Waals surface area contributed by atoms with E-state index in [4.69, 9.17) is 0 Å². The van der Waals surface area contributed by atoms with Gasteiger partial charge in [-0.2, -0.15) is 0 Å². The minimum atomic E-state index is -0.146. The van der Waals surface area contributed by atoms with Crippen LogP contribution in [0.3, 0.4) is 0 Å². The highest BCUT2D eigenvalue weighted by atomic mass is 79.9. The molecule has 2 rings (SSSR count). The molecule has 0 aliphatic heterocycles. The second-order valence-electron chi connectivity index (χ2n) is 3.60. The number of benzene rings is 2. The van der Waals surface area contributed by atoms with E-state index in [1.54, 1.807) is 24.3 Å². The van der Waals surface area contributed by atoms with E-state index in [0.717, 1.165) is 9.86 Å². The number of nitrogens with one attached hydrogen (secondary N) is 1. The number of rotatable bonds is 1. The summed E-state index contributed by atoms with van der Waals surface area (Å²) < 4.78 is 1.42. The summed E-state index contributed by atoms with van der Waals surface area (Å²) in [5.74, 6) is 0.0159. The molecular formula is C12H9Br2NO2. The zero-order valence-corrected chi connectivity index (χ0v) is 12.1. The van der Waals surface area contributed by atoms with Crippen LogP contribution >= 0.6 is 31.9 Å². The van der Waals surface area contributed by atoms with Gasteiger partial charge in [0.25, 0.3) is 0 Å². The molecule has 0 radical (unpaired) electrons. The molecule has 0 aliphatic rings.